The molecular weight excluding hydrogens is 302 g/mol. The van der Waals surface area contributed by atoms with Gasteiger partial charge in [0.15, 0.2) is 0 Å². The first-order valence-electron chi connectivity index (χ1n) is 7.97. The van der Waals surface area contributed by atoms with Crippen LogP contribution < -0.4 is 16.4 Å². The standard InChI is InChI=1S/C18H23N5O/c1-3-7-15(19)14-11-21-17(10-16(14)20)23-18(24)22-12(2)13-8-5-4-6-9-13/h4-6,8-12,19H,3,7H2,1-2H3,(H4,20,21,22,23,24)/t12-/m1/s1. The molecule has 5 N–H and O–H groups in total. The van der Waals surface area contributed by atoms with Gasteiger partial charge in [0.1, 0.15) is 5.82 Å². The number of nitrogen functional groups attached to an aromatic ring is 1. The van der Waals surface area contributed by atoms with E-state index in [0.717, 1.165) is 12.0 Å². The summed E-state index contributed by atoms with van der Waals surface area (Å²) in [7, 11) is 0. The number of amides is 2. The van der Waals surface area contributed by atoms with Crippen molar-refractivity contribution in [2.45, 2.75) is 32.7 Å². The summed E-state index contributed by atoms with van der Waals surface area (Å²) >= 11 is 0. The summed E-state index contributed by atoms with van der Waals surface area (Å²) in [5.74, 6) is 0.360. The molecule has 6 nitrogen and oxygen atoms in total. The summed E-state index contributed by atoms with van der Waals surface area (Å²) in [4.78, 5) is 16.3. The Balaban J connectivity index is 1.99. The summed E-state index contributed by atoms with van der Waals surface area (Å²) in [5, 5.41) is 13.5. The molecule has 0 unspecified atom stereocenters. The molecule has 1 aromatic heterocycles. The number of benzene rings is 1. The Kier molecular flexibility index (Phi) is 5.89. The number of urea groups is 1. The largest absolute Gasteiger partial charge is 0.398 e. The zero-order valence-electron chi connectivity index (χ0n) is 14.0. The molecule has 0 aliphatic rings. The number of carbonyl (C=O) groups is 1. The lowest BCUT2D eigenvalue weighted by molar-refractivity contribution is 0.249. The second kappa shape index (κ2) is 8.10. The monoisotopic (exact) mass is 325 g/mol. The fourth-order valence-corrected chi connectivity index (χ4v) is 2.35. The molecule has 6 heteroatoms. The second-order valence-electron chi connectivity index (χ2n) is 5.62. The number of aromatic nitrogens is 1. The first-order valence-corrected chi connectivity index (χ1v) is 7.97. The van der Waals surface area contributed by atoms with Gasteiger partial charge in [-0.2, -0.15) is 0 Å². The van der Waals surface area contributed by atoms with Gasteiger partial charge in [0.2, 0.25) is 0 Å². The summed E-state index contributed by atoms with van der Waals surface area (Å²) in [6.07, 6.45) is 3.05. The van der Waals surface area contributed by atoms with Crippen molar-refractivity contribution in [2.24, 2.45) is 0 Å². The van der Waals surface area contributed by atoms with Crippen LogP contribution in [0.3, 0.4) is 0 Å². The van der Waals surface area contributed by atoms with Gasteiger partial charge < -0.3 is 16.5 Å². The summed E-state index contributed by atoms with van der Waals surface area (Å²) < 4.78 is 0. The molecule has 0 aliphatic heterocycles. The first kappa shape index (κ1) is 17.5. The van der Waals surface area contributed by atoms with Gasteiger partial charge in [-0.25, -0.2) is 9.78 Å². The zero-order chi connectivity index (χ0) is 17.5. The van der Waals surface area contributed by atoms with Gasteiger partial charge in [0, 0.05) is 29.2 Å². The molecule has 126 valence electrons. The minimum Gasteiger partial charge on any atom is -0.398 e. The lowest BCUT2D eigenvalue weighted by atomic mass is 10.1. The molecule has 2 aromatic rings. The first-order chi connectivity index (χ1) is 11.5. The number of nitrogens with one attached hydrogen (secondary N) is 3. The maximum Gasteiger partial charge on any atom is 0.320 e. The Hall–Kier alpha value is -2.89. The fourth-order valence-electron chi connectivity index (χ4n) is 2.35. The van der Waals surface area contributed by atoms with E-state index in [-0.39, 0.29) is 12.1 Å². The fraction of sp³-hybridized carbons (Fsp3) is 0.278. The number of nitrogens with two attached hydrogens (primary N) is 1. The van der Waals surface area contributed by atoms with E-state index in [9.17, 15) is 4.79 Å². The van der Waals surface area contributed by atoms with E-state index < -0.39 is 0 Å². The smallest absolute Gasteiger partial charge is 0.320 e. The molecule has 0 spiro atoms. The number of rotatable bonds is 6. The zero-order valence-corrected chi connectivity index (χ0v) is 14.0. The van der Waals surface area contributed by atoms with E-state index in [4.69, 9.17) is 11.1 Å². The van der Waals surface area contributed by atoms with Gasteiger partial charge in [-0.1, -0.05) is 43.7 Å². The molecule has 1 atom stereocenters. The Morgan fingerprint density at radius 1 is 1.33 bits per heavy atom. The minimum absolute atomic E-state index is 0.124. The third kappa shape index (κ3) is 4.55. The molecule has 2 amide bonds. The van der Waals surface area contributed by atoms with Gasteiger partial charge in [0.25, 0.3) is 0 Å². The third-order valence-corrected chi connectivity index (χ3v) is 3.65. The highest BCUT2D eigenvalue weighted by molar-refractivity contribution is 6.03. The maximum absolute atomic E-state index is 12.1. The van der Waals surface area contributed by atoms with Crippen LogP contribution in [0.25, 0.3) is 0 Å². The van der Waals surface area contributed by atoms with Crippen molar-refractivity contribution < 1.29 is 4.79 Å². The lowest BCUT2D eigenvalue weighted by Crippen LogP contribution is -2.31. The number of carbonyl (C=O) groups excluding carboxylic acids is 1. The van der Waals surface area contributed by atoms with Crippen LogP contribution in [0.2, 0.25) is 0 Å². The molecule has 2 rings (SSSR count). The third-order valence-electron chi connectivity index (χ3n) is 3.65. The van der Waals surface area contributed by atoms with E-state index in [0.29, 0.717) is 29.2 Å². The minimum atomic E-state index is -0.352. The van der Waals surface area contributed by atoms with Crippen molar-refractivity contribution in [1.29, 1.82) is 5.41 Å². The number of hydrogen-bond acceptors (Lipinski definition) is 4. The van der Waals surface area contributed by atoms with E-state index in [1.165, 1.54) is 6.20 Å². The molecule has 0 radical (unpaired) electrons. The number of hydrogen-bond donors (Lipinski definition) is 4. The lowest BCUT2D eigenvalue weighted by Gasteiger charge is -2.15. The van der Waals surface area contributed by atoms with Crippen molar-refractivity contribution >= 4 is 23.2 Å². The van der Waals surface area contributed by atoms with Gasteiger partial charge in [-0.15, -0.1) is 0 Å². The average Bonchev–Trinajstić information content (AvgIpc) is 2.55. The molecular formula is C18H23N5O. The van der Waals surface area contributed by atoms with Crippen molar-refractivity contribution in [1.82, 2.24) is 10.3 Å². The van der Waals surface area contributed by atoms with Crippen LogP contribution in [0.5, 0.6) is 0 Å². The second-order valence-corrected chi connectivity index (χ2v) is 5.62. The summed E-state index contributed by atoms with van der Waals surface area (Å²) in [6.45, 7) is 3.91. The Bertz CT molecular complexity index is 715. The SMILES string of the molecule is CCCC(=N)c1cnc(NC(=O)N[C@H](C)c2ccccc2)cc1N. The predicted octanol–water partition coefficient (Wildman–Crippen LogP) is 3.71. The van der Waals surface area contributed by atoms with Crippen LogP contribution in [0.4, 0.5) is 16.3 Å². The van der Waals surface area contributed by atoms with Crippen LogP contribution in [0, 0.1) is 5.41 Å². The Morgan fingerprint density at radius 2 is 2.04 bits per heavy atom. The molecule has 1 aromatic carbocycles. The molecule has 0 aliphatic carbocycles. The van der Waals surface area contributed by atoms with Crippen LogP contribution in [0.1, 0.15) is 43.9 Å². The molecule has 0 saturated heterocycles. The number of pyridine rings is 1. The van der Waals surface area contributed by atoms with Gasteiger partial charge >= 0.3 is 6.03 Å². The molecule has 0 saturated carbocycles. The molecule has 1 heterocycles. The van der Waals surface area contributed by atoms with E-state index in [1.807, 2.05) is 44.2 Å². The van der Waals surface area contributed by atoms with Crippen molar-refractivity contribution in [3.63, 3.8) is 0 Å². The van der Waals surface area contributed by atoms with Crippen molar-refractivity contribution in [3.05, 3.63) is 53.7 Å². The maximum atomic E-state index is 12.1. The molecule has 24 heavy (non-hydrogen) atoms. The highest BCUT2D eigenvalue weighted by Gasteiger charge is 2.11. The summed E-state index contributed by atoms with van der Waals surface area (Å²) in [5.41, 5.74) is 8.49. The van der Waals surface area contributed by atoms with Crippen molar-refractivity contribution in [2.75, 3.05) is 11.1 Å². The van der Waals surface area contributed by atoms with Crippen LogP contribution >= 0.6 is 0 Å². The van der Waals surface area contributed by atoms with Gasteiger partial charge in [-0.3, -0.25) is 5.32 Å². The molecule has 0 bridgehead atoms. The van der Waals surface area contributed by atoms with E-state index in [1.54, 1.807) is 6.07 Å². The number of nitrogens with zero attached hydrogens (tertiary/aromatic N) is 1. The Labute approximate surface area is 142 Å². The summed E-state index contributed by atoms with van der Waals surface area (Å²) in [6, 6.07) is 10.8. The van der Waals surface area contributed by atoms with E-state index >= 15 is 0 Å². The normalized spacial score (nSPS) is 11.6. The van der Waals surface area contributed by atoms with Crippen molar-refractivity contribution in [3.8, 4) is 0 Å². The van der Waals surface area contributed by atoms with Crippen LogP contribution in [0.15, 0.2) is 42.6 Å². The average molecular weight is 325 g/mol. The van der Waals surface area contributed by atoms with Gasteiger partial charge in [0.05, 0.1) is 6.04 Å². The van der Waals surface area contributed by atoms with Crippen LogP contribution in [-0.2, 0) is 0 Å². The Morgan fingerprint density at radius 3 is 2.67 bits per heavy atom. The highest BCUT2D eigenvalue weighted by Crippen LogP contribution is 2.18. The highest BCUT2D eigenvalue weighted by atomic mass is 16.2. The topological polar surface area (TPSA) is 104 Å². The quantitative estimate of drug-likeness (QED) is 0.608. The molecule has 0 fully saturated rings. The van der Waals surface area contributed by atoms with Crippen LogP contribution in [-0.4, -0.2) is 16.7 Å². The van der Waals surface area contributed by atoms with E-state index in [2.05, 4.69) is 15.6 Å². The predicted molar refractivity (Wildman–Crippen MR) is 97.4 cm³/mol. The van der Waals surface area contributed by atoms with Gasteiger partial charge in [-0.05, 0) is 18.9 Å². The number of anilines is 2.